The number of halogens is 3. The Morgan fingerprint density at radius 1 is 0.963 bits per heavy atom. The second kappa shape index (κ2) is 15.1. The number of nitrogens with one attached hydrogen (secondary N) is 1. The van der Waals surface area contributed by atoms with Gasteiger partial charge in [-0.15, -0.1) is 0 Å². The topological polar surface area (TPSA) is 138 Å². The van der Waals surface area contributed by atoms with Crippen LogP contribution in [0.3, 0.4) is 0 Å². The van der Waals surface area contributed by atoms with Gasteiger partial charge in [0.2, 0.25) is 9.84 Å². The Bertz CT molecular complexity index is 1970. The zero-order valence-corrected chi connectivity index (χ0v) is 31.2. The summed E-state index contributed by atoms with van der Waals surface area (Å²) < 4.78 is 77.8. The number of nitrogens with two attached hydrogens (primary N) is 1. The van der Waals surface area contributed by atoms with Gasteiger partial charge in [0.25, 0.3) is 5.91 Å². The second-order valence-electron chi connectivity index (χ2n) is 15.4. The summed E-state index contributed by atoms with van der Waals surface area (Å²) in [4.78, 5) is 33.2. The van der Waals surface area contributed by atoms with Crippen LogP contribution in [0.15, 0.2) is 70.6 Å². The summed E-state index contributed by atoms with van der Waals surface area (Å²) in [6.45, 7) is 4.09. The van der Waals surface area contributed by atoms with Crippen LogP contribution in [0, 0.1) is 23.5 Å². The number of sulfone groups is 1. The first-order valence-electron chi connectivity index (χ1n) is 18.6. The maximum Gasteiger partial charge on any atom is 0.407 e. The van der Waals surface area contributed by atoms with E-state index in [1.54, 1.807) is 17.0 Å². The van der Waals surface area contributed by atoms with Crippen molar-refractivity contribution in [2.24, 2.45) is 17.6 Å². The third kappa shape index (κ3) is 7.41. The minimum atomic E-state index is -4.13. The van der Waals surface area contributed by atoms with E-state index < -0.39 is 38.7 Å². The average molecular weight is 769 g/mol. The minimum absolute atomic E-state index is 0.0421. The summed E-state index contributed by atoms with van der Waals surface area (Å²) in [5.41, 5.74) is 4.13. The highest BCUT2D eigenvalue weighted by Crippen LogP contribution is 2.52. The fourth-order valence-electron chi connectivity index (χ4n) is 9.39. The summed E-state index contributed by atoms with van der Waals surface area (Å²) in [7, 11) is -2.77. The third-order valence-electron chi connectivity index (χ3n) is 12.1. The SMILES string of the molecule is COC(=O)N[C@H]1CCC[C@@H]1[C@](CN1CCC1)(c1cccc(F)c1)C1CCN(CC2(F)CN(c3ccc(S(=O)(=O)c4ccc(C(N)=O)nc4)cc3F)C2)CC1. The number of anilines is 1. The fraction of sp³-hybridized carbons (Fsp3) is 0.513. The van der Waals surface area contributed by atoms with Gasteiger partial charge in [-0.3, -0.25) is 9.69 Å². The number of rotatable bonds is 12. The van der Waals surface area contributed by atoms with Gasteiger partial charge in [-0.25, -0.2) is 31.4 Å². The summed E-state index contributed by atoms with van der Waals surface area (Å²) >= 11 is 0. The number of primary amides is 1. The standard InChI is InChI=1S/C39H47F3N6O5S/c1-53-37(50)45-33-8-3-7-31(33)39(25-46-15-4-16-46,27-5-2-6-28(40)19-27)26-13-17-47(18-14-26)22-38(42)23-48(24-38)35-12-10-29(20-32(35)41)54(51,52)30-9-11-34(36(43)49)44-21-30/h2,5-6,9-12,19-21,26,31,33H,3-4,7-8,13-18,22-25H2,1H3,(H2,43,49)(H,45,50)/t31-,33-,39-/m0/s1. The first-order chi connectivity index (χ1) is 25.8. The highest BCUT2D eigenvalue weighted by molar-refractivity contribution is 7.91. The number of carbonyl (C=O) groups is 2. The number of likely N-dealkylation sites (tertiary alicyclic amines) is 2. The first kappa shape index (κ1) is 38.1. The number of benzene rings is 2. The van der Waals surface area contributed by atoms with Gasteiger partial charge in [-0.1, -0.05) is 18.6 Å². The number of hydrogen-bond donors (Lipinski definition) is 2. The molecule has 1 aliphatic carbocycles. The Hall–Kier alpha value is -4.21. The highest BCUT2D eigenvalue weighted by Gasteiger charge is 2.54. The van der Waals surface area contributed by atoms with E-state index in [1.807, 2.05) is 6.07 Å². The lowest BCUT2D eigenvalue weighted by molar-refractivity contribution is 0.00575. The Balaban J connectivity index is 1.03. The van der Waals surface area contributed by atoms with E-state index in [0.717, 1.165) is 76.0 Å². The number of amides is 2. The molecule has 7 rings (SSSR count). The molecule has 4 fully saturated rings. The lowest BCUT2D eigenvalue weighted by Crippen LogP contribution is -2.65. The largest absolute Gasteiger partial charge is 0.453 e. The van der Waals surface area contributed by atoms with Gasteiger partial charge in [0.05, 0.1) is 35.7 Å². The smallest absolute Gasteiger partial charge is 0.407 e. The molecule has 3 aliphatic heterocycles. The maximum atomic E-state index is 16.2. The summed E-state index contributed by atoms with van der Waals surface area (Å²) in [6, 6.07) is 12.7. The van der Waals surface area contributed by atoms with Gasteiger partial charge in [0.15, 0.2) is 5.67 Å². The molecule has 4 aliphatic rings. The fourth-order valence-corrected chi connectivity index (χ4v) is 10.6. The number of piperidine rings is 1. The molecule has 0 unspecified atom stereocenters. The Morgan fingerprint density at radius 3 is 2.31 bits per heavy atom. The quantitative estimate of drug-likeness (QED) is 0.269. The van der Waals surface area contributed by atoms with E-state index in [4.69, 9.17) is 10.5 Å². The normalized spacial score (nSPS) is 23.2. The van der Waals surface area contributed by atoms with E-state index in [9.17, 15) is 22.4 Å². The number of carbonyl (C=O) groups excluding carboxylic acids is 2. The third-order valence-corrected chi connectivity index (χ3v) is 13.8. The van der Waals surface area contributed by atoms with Crippen molar-refractivity contribution in [3.63, 3.8) is 0 Å². The van der Waals surface area contributed by atoms with Gasteiger partial charge in [0, 0.05) is 30.7 Å². The molecule has 4 heterocycles. The van der Waals surface area contributed by atoms with Crippen LogP contribution < -0.4 is 16.0 Å². The highest BCUT2D eigenvalue weighted by atomic mass is 32.2. The Morgan fingerprint density at radius 2 is 1.70 bits per heavy atom. The van der Waals surface area contributed by atoms with Crippen molar-refractivity contribution < 1.29 is 35.9 Å². The zero-order valence-electron chi connectivity index (χ0n) is 30.4. The average Bonchev–Trinajstić information content (AvgIpc) is 3.59. The van der Waals surface area contributed by atoms with Crippen LogP contribution in [-0.4, -0.2) is 106 Å². The van der Waals surface area contributed by atoms with Crippen molar-refractivity contribution in [1.82, 2.24) is 20.1 Å². The number of pyridine rings is 1. The van der Waals surface area contributed by atoms with Crippen molar-refractivity contribution >= 4 is 27.5 Å². The summed E-state index contributed by atoms with van der Waals surface area (Å²) in [6.07, 6.45) is 5.85. The predicted octanol–water partition coefficient (Wildman–Crippen LogP) is 4.70. The van der Waals surface area contributed by atoms with Gasteiger partial charge >= 0.3 is 6.09 Å². The Labute approximate surface area is 313 Å². The monoisotopic (exact) mass is 768 g/mol. The molecule has 3 N–H and O–H groups in total. The lowest BCUT2D eigenvalue weighted by Gasteiger charge is -2.54. The number of hydrogen-bond acceptors (Lipinski definition) is 9. The first-order valence-corrected chi connectivity index (χ1v) is 20.1. The molecular formula is C39H47F3N6O5S. The molecule has 3 saturated heterocycles. The zero-order chi connectivity index (χ0) is 38.3. The van der Waals surface area contributed by atoms with E-state index in [0.29, 0.717) is 13.1 Å². The molecular weight excluding hydrogens is 722 g/mol. The molecule has 1 saturated carbocycles. The number of nitrogens with zero attached hydrogens (tertiary/aromatic N) is 4. The number of alkyl halides is 1. The van der Waals surface area contributed by atoms with Crippen LogP contribution >= 0.6 is 0 Å². The van der Waals surface area contributed by atoms with Crippen LogP contribution in [0.2, 0.25) is 0 Å². The van der Waals surface area contributed by atoms with Crippen LogP contribution in [0.4, 0.5) is 23.7 Å². The van der Waals surface area contributed by atoms with Crippen molar-refractivity contribution in [2.75, 3.05) is 64.4 Å². The van der Waals surface area contributed by atoms with Gasteiger partial charge < -0.3 is 25.6 Å². The molecule has 0 radical (unpaired) electrons. The molecule has 3 aromatic rings. The molecule has 0 spiro atoms. The van der Waals surface area contributed by atoms with Gasteiger partial charge in [0.1, 0.15) is 17.3 Å². The van der Waals surface area contributed by atoms with Crippen LogP contribution in [-0.2, 0) is 20.0 Å². The number of ether oxygens (including phenoxy) is 1. The van der Waals surface area contributed by atoms with Crippen molar-refractivity contribution in [3.05, 3.63) is 83.7 Å². The molecule has 2 amide bonds. The molecule has 11 nitrogen and oxygen atoms in total. The number of aromatic nitrogens is 1. The van der Waals surface area contributed by atoms with E-state index in [1.165, 1.54) is 37.4 Å². The lowest BCUT2D eigenvalue weighted by atomic mass is 9.57. The second-order valence-corrected chi connectivity index (χ2v) is 17.3. The molecule has 0 bridgehead atoms. The van der Waals surface area contributed by atoms with Crippen LogP contribution in [0.5, 0.6) is 0 Å². The maximum absolute atomic E-state index is 16.2. The van der Waals surface area contributed by atoms with E-state index in [2.05, 4.69) is 20.1 Å². The molecule has 2 aromatic carbocycles. The van der Waals surface area contributed by atoms with E-state index >= 15 is 8.78 Å². The molecule has 15 heteroatoms. The van der Waals surface area contributed by atoms with Gasteiger partial charge in [-0.05, 0) is 118 Å². The molecule has 3 atom stereocenters. The summed E-state index contributed by atoms with van der Waals surface area (Å²) in [5, 5.41) is 3.11. The summed E-state index contributed by atoms with van der Waals surface area (Å²) in [5.74, 6) is -1.65. The van der Waals surface area contributed by atoms with E-state index in [-0.39, 0.29) is 64.5 Å². The van der Waals surface area contributed by atoms with Crippen LogP contribution in [0.1, 0.15) is 54.6 Å². The van der Waals surface area contributed by atoms with Crippen molar-refractivity contribution in [1.29, 1.82) is 0 Å². The van der Waals surface area contributed by atoms with Crippen molar-refractivity contribution in [3.8, 4) is 0 Å². The molecule has 54 heavy (non-hydrogen) atoms. The van der Waals surface area contributed by atoms with Gasteiger partial charge in [-0.2, -0.15) is 0 Å². The predicted molar refractivity (Wildman–Crippen MR) is 196 cm³/mol. The molecule has 1 aromatic heterocycles. The minimum Gasteiger partial charge on any atom is -0.453 e. The molecule has 290 valence electrons. The van der Waals surface area contributed by atoms with Crippen LogP contribution in [0.25, 0.3) is 0 Å². The Kier molecular flexibility index (Phi) is 10.7. The number of methoxy groups -OCH3 is 1. The van der Waals surface area contributed by atoms with Crippen molar-refractivity contribution in [2.45, 2.75) is 65.4 Å². The number of alkyl carbamates (subject to hydrolysis) is 1.